The zero-order valence-electron chi connectivity index (χ0n) is 30.7. The Morgan fingerprint density at radius 1 is 0.446 bits per heavy atom. The van der Waals surface area contributed by atoms with Crippen LogP contribution in [-0.2, 0) is 34.4 Å². The van der Waals surface area contributed by atoms with E-state index >= 15 is 0 Å². The van der Waals surface area contributed by atoms with E-state index in [0.29, 0.717) is 5.92 Å². The van der Waals surface area contributed by atoms with Gasteiger partial charge in [-0.15, -0.1) is 0 Å². The summed E-state index contributed by atoms with van der Waals surface area (Å²) in [5.74, 6) is 0.653. The maximum atomic E-state index is 9.87. The molecule has 56 heavy (non-hydrogen) atoms. The average molecular weight is 970 g/mol. The van der Waals surface area contributed by atoms with Crippen LogP contribution in [0.2, 0.25) is 0 Å². The van der Waals surface area contributed by atoms with Crippen LogP contribution in [0.25, 0.3) is 0 Å². The molecule has 0 amide bonds. The summed E-state index contributed by atoms with van der Waals surface area (Å²) in [6.45, 7) is 6.54. The first-order chi connectivity index (χ1) is 26.0. The van der Waals surface area contributed by atoms with Crippen molar-refractivity contribution in [2.75, 3.05) is 0 Å². The number of hydrogen-bond donors (Lipinski definition) is 0. The molecule has 7 rings (SSSR count). The van der Waals surface area contributed by atoms with Gasteiger partial charge in [-0.1, -0.05) is 165 Å². The van der Waals surface area contributed by atoms with E-state index < -0.39 is 23.7 Å². The zero-order chi connectivity index (χ0) is 40.4. The second-order valence-corrected chi connectivity index (χ2v) is 18.7. The molecule has 0 nitrogen and oxygen atoms in total. The first-order valence-electron chi connectivity index (χ1n) is 17.1. The smallest absolute Gasteiger partial charge is 2.00 e. The van der Waals surface area contributed by atoms with Crippen molar-refractivity contribution in [2.24, 2.45) is 0 Å². The molecule has 0 atom stereocenters. The van der Waals surface area contributed by atoms with E-state index in [1.165, 1.54) is 43.7 Å². The standard InChI is InChI=1S/2C17H14P.C10H14.ClH.F6P.Fe.Ru/c2*1-3-9-15(10-4-1)18(17-13-7-8-14-17)16-11-5-2-6-12-16;1-8(2)10-6-4-9(3)5-7-10;;1-7(2,3,4,5)6;;/h2*1-14H;4-8H,1-3H3;1H;;;/q;;;;-1;2*+2/p-1. The molecule has 2 saturated carbocycles. The Balaban J connectivity index is 0.000000268. The molecule has 0 N–H and O–H groups in total. The summed E-state index contributed by atoms with van der Waals surface area (Å²) >= 11 is 1.82. The average Bonchev–Trinajstić information content (AvgIpc) is 3.90. The summed E-state index contributed by atoms with van der Waals surface area (Å²) in [5, 5.41) is 5.63. The van der Waals surface area contributed by atoms with Crippen LogP contribution in [0.4, 0.5) is 25.2 Å². The van der Waals surface area contributed by atoms with Gasteiger partial charge in [-0.05, 0) is 107 Å². The van der Waals surface area contributed by atoms with E-state index in [1.54, 1.807) is 0 Å². The predicted molar refractivity (Wildman–Crippen MR) is 224 cm³/mol. The van der Waals surface area contributed by atoms with E-state index in [1.807, 2.05) is 17.3 Å². The Morgan fingerprint density at radius 3 is 0.893 bits per heavy atom. The van der Waals surface area contributed by atoms with E-state index in [2.05, 4.69) is 227 Å². The van der Waals surface area contributed by atoms with E-state index in [4.69, 9.17) is 0 Å². The third-order valence-corrected chi connectivity index (χ3v) is 12.5. The fraction of sp³-hybridized carbons (Fsp3) is 0.0909. The van der Waals surface area contributed by atoms with E-state index in [0.717, 1.165) is 0 Å². The number of benzene rings is 5. The molecule has 10 radical (unpaired) electrons. The minimum Gasteiger partial charge on any atom is 2.00 e. The molecule has 0 bridgehead atoms. The Bertz CT molecular complexity index is 1580. The summed E-state index contributed by atoms with van der Waals surface area (Å²) in [7, 11) is -6.91. The molecular formula is C44H42ClF6FeP3Ru+2. The van der Waals surface area contributed by atoms with Gasteiger partial charge in [0.1, 0.15) is 0 Å². The van der Waals surface area contributed by atoms with Gasteiger partial charge >= 0.3 is 77.1 Å². The van der Waals surface area contributed by atoms with Crippen molar-refractivity contribution in [3.8, 4) is 0 Å². The molecule has 0 spiro atoms. The van der Waals surface area contributed by atoms with Gasteiger partial charge in [0.05, 0.1) is 0 Å². The minimum atomic E-state index is -10.7. The van der Waals surface area contributed by atoms with Crippen LogP contribution in [-0.4, -0.2) is 0 Å². The summed E-state index contributed by atoms with van der Waals surface area (Å²) < 4.78 is 59.2. The van der Waals surface area contributed by atoms with Gasteiger partial charge in [0, 0.05) is 11.3 Å². The van der Waals surface area contributed by atoms with Gasteiger partial charge in [0.2, 0.25) is 0 Å². The van der Waals surface area contributed by atoms with Crippen LogP contribution in [0.1, 0.15) is 30.9 Å². The maximum absolute atomic E-state index is 10.7. The van der Waals surface area contributed by atoms with Crippen LogP contribution in [0.15, 0.2) is 146 Å². The SMILES string of the molecule is Cc1ccc(C(C)C)cc1.F[P-](F)(F)(F)(F)F.[CH]1[CH][CH][C](P(c2ccccc2)c2ccccc2)[CH]1.[CH]1[CH][CH][C](P(c2ccccc2)c2ccccc2)[CH]1.[Cl][Ru+].[Fe+2]. The van der Waals surface area contributed by atoms with Crippen molar-refractivity contribution < 1.29 is 59.6 Å². The first-order valence-corrected chi connectivity index (χ1v) is 24.0. The largest absolute Gasteiger partial charge is 2.00 e. The molecule has 2 aliphatic carbocycles. The molecule has 0 unspecified atom stereocenters. The summed E-state index contributed by atoms with van der Waals surface area (Å²) in [5.41, 5.74) is 5.60. The van der Waals surface area contributed by atoms with Gasteiger partial charge in [0.25, 0.3) is 0 Å². The second kappa shape index (κ2) is 23.9. The molecule has 296 valence electrons. The van der Waals surface area contributed by atoms with Crippen molar-refractivity contribution >= 4 is 54.6 Å². The van der Waals surface area contributed by atoms with E-state index in [9.17, 15) is 25.2 Å². The quantitative estimate of drug-likeness (QED) is 0.0866. The van der Waals surface area contributed by atoms with Gasteiger partial charge in [-0.2, -0.15) is 0 Å². The van der Waals surface area contributed by atoms with Crippen molar-refractivity contribution in [1.82, 2.24) is 0 Å². The van der Waals surface area contributed by atoms with Crippen molar-refractivity contribution in [1.29, 1.82) is 0 Å². The molecule has 0 saturated heterocycles. The van der Waals surface area contributed by atoms with E-state index in [-0.39, 0.29) is 17.1 Å². The number of hydrogen-bond acceptors (Lipinski definition) is 0. The van der Waals surface area contributed by atoms with Crippen LogP contribution < -0.4 is 21.2 Å². The second-order valence-electron chi connectivity index (χ2n) is 12.3. The fourth-order valence-electron chi connectivity index (χ4n) is 5.18. The van der Waals surface area contributed by atoms with Crippen molar-refractivity contribution in [2.45, 2.75) is 26.7 Å². The summed E-state index contributed by atoms with van der Waals surface area (Å²) in [6, 6.07) is 51.8. The normalized spacial score (nSPS) is 15.3. The molecule has 2 fully saturated rings. The molecular weight excluding hydrogens is 928 g/mol. The topological polar surface area (TPSA) is 0 Å². The van der Waals surface area contributed by atoms with Gasteiger partial charge in [0.15, 0.2) is 0 Å². The first kappa shape index (κ1) is 50.5. The summed E-state index contributed by atoms with van der Waals surface area (Å²) in [4.78, 5) is 0. The van der Waals surface area contributed by atoms with Crippen LogP contribution >= 0.6 is 33.3 Å². The monoisotopic (exact) mass is 970 g/mol. The Labute approximate surface area is 358 Å². The molecule has 0 aromatic heterocycles. The summed E-state index contributed by atoms with van der Waals surface area (Å²) in [6.07, 6.45) is 17.4. The van der Waals surface area contributed by atoms with Crippen LogP contribution in [0, 0.1) is 69.6 Å². The molecule has 5 aromatic rings. The Kier molecular flexibility index (Phi) is 21.5. The van der Waals surface area contributed by atoms with Gasteiger partial charge in [-0.3, -0.25) is 0 Å². The van der Waals surface area contributed by atoms with Crippen LogP contribution in [0.5, 0.6) is 0 Å². The predicted octanol–water partition coefficient (Wildman–Crippen LogP) is 14.1. The maximum Gasteiger partial charge on any atom is 2.00 e. The Morgan fingerprint density at radius 2 is 0.679 bits per heavy atom. The minimum absolute atomic E-state index is 0. The van der Waals surface area contributed by atoms with Crippen molar-refractivity contribution in [3.05, 3.63) is 219 Å². The molecule has 12 heteroatoms. The van der Waals surface area contributed by atoms with Crippen molar-refractivity contribution in [3.63, 3.8) is 0 Å². The Hall–Kier alpha value is -1.60. The third kappa shape index (κ3) is 20.4. The molecule has 0 aliphatic heterocycles. The molecule has 5 aromatic carbocycles. The number of halogens is 7. The zero-order valence-corrected chi connectivity index (χ0v) is 37.0. The third-order valence-electron chi connectivity index (χ3n) is 7.61. The van der Waals surface area contributed by atoms with Gasteiger partial charge in [-0.25, -0.2) is 0 Å². The molecule has 2 aliphatic rings. The number of aryl methyl sites for hydroxylation is 1. The fourth-order valence-corrected chi connectivity index (χ4v) is 9.79. The van der Waals surface area contributed by atoms with Gasteiger partial charge < -0.3 is 0 Å². The molecule has 0 heterocycles. The number of rotatable bonds is 7. The van der Waals surface area contributed by atoms with Crippen LogP contribution in [0.3, 0.4) is 0 Å².